The van der Waals surface area contributed by atoms with E-state index in [-0.39, 0.29) is 47.0 Å². The number of fused-ring (bicyclic) bond motifs is 2. The fourth-order valence-corrected chi connectivity index (χ4v) is 3.50. The number of nitrogens with zero attached hydrogens (tertiary/aromatic N) is 2. The van der Waals surface area contributed by atoms with E-state index in [1.54, 1.807) is 24.3 Å². The van der Waals surface area contributed by atoms with Crippen molar-refractivity contribution in [2.45, 2.75) is 25.8 Å². The Labute approximate surface area is 171 Å². The lowest BCUT2D eigenvalue weighted by atomic mass is 9.94. The molecule has 0 fully saturated rings. The van der Waals surface area contributed by atoms with Crippen LogP contribution in [0.15, 0.2) is 42.6 Å². The number of hydrogen-bond acceptors (Lipinski definition) is 7. The van der Waals surface area contributed by atoms with E-state index in [0.717, 1.165) is 0 Å². The highest BCUT2D eigenvalue weighted by Gasteiger charge is 2.28. The molecule has 1 aliphatic rings. The third kappa shape index (κ3) is 3.45. The lowest BCUT2D eigenvalue weighted by Crippen LogP contribution is -2.29. The molecule has 0 radical (unpaired) electrons. The number of benzene rings is 2. The zero-order valence-electron chi connectivity index (χ0n) is 16.1. The third-order valence-corrected chi connectivity index (χ3v) is 4.89. The maximum absolute atomic E-state index is 12.4. The van der Waals surface area contributed by atoms with Crippen LogP contribution >= 0.6 is 0 Å². The predicted molar refractivity (Wildman–Crippen MR) is 108 cm³/mol. The molecule has 0 saturated heterocycles. The number of hydrogen-bond donors (Lipinski definition) is 2. The monoisotopic (exact) mass is 409 g/mol. The molecule has 0 unspecified atom stereocenters. The van der Waals surface area contributed by atoms with Crippen LogP contribution in [-0.2, 0) is 4.79 Å². The van der Waals surface area contributed by atoms with E-state index in [1.807, 2.05) is 6.92 Å². The molecular formula is C21H19N3O6. The summed E-state index contributed by atoms with van der Waals surface area (Å²) in [6.45, 7) is 1.96. The molecule has 9 nitrogen and oxygen atoms in total. The normalized spacial score (nSPS) is 13.2. The molecule has 1 aliphatic heterocycles. The summed E-state index contributed by atoms with van der Waals surface area (Å²) in [6.07, 6.45) is 2.35. The molecule has 1 aromatic heterocycles. The second kappa shape index (κ2) is 7.86. The van der Waals surface area contributed by atoms with E-state index in [0.29, 0.717) is 23.5 Å². The van der Waals surface area contributed by atoms with Gasteiger partial charge in [-0.1, -0.05) is 13.0 Å². The van der Waals surface area contributed by atoms with Crippen molar-refractivity contribution < 1.29 is 24.3 Å². The molecule has 30 heavy (non-hydrogen) atoms. The van der Waals surface area contributed by atoms with E-state index in [1.165, 1.54) is 18.3 Å². The number of non-ortho nitro benzene ring substituents is 1. The molecule has 2 heterocycles. The van der Waals surface area contributed by atoms with Gasteiger partial charge in [-0.2, -0.15) is 0 Å². The molecule has 9 heteroatoms. The number of amides is 1. The topological polar surface area (TPSA) is 124 Å². The minimum atomic E-state index is -0.844. The van der Waals surface area contributed by atoms with Crippen LogP contribution in [0.3, 0.4) is 0 Å². The van der Waals surface area contributed by atoms with Gasteiger partial charge in [0.15, 0.2) is 11.5 Å². The van der Waals surface area contributed by atoms with E-state index < -0.39 is 11.0 Å². The zero-order chi connectivity index (χ0) is 21.3. The van der Waals surface area contributed by atoms with E-state index >= 15 is 0 Å². The van der Waals surface area contributed by atoms with Gasteiger partial charge in [-0.05, 0) is 36.2 Å². The number of rotatable bonds is 6. The number of nitro benzene ring substituents is 1. The third-order valence-electron chi connectivity index (χ3n) is 4.89. The number of aromatic hydroxyl groups is 1. The number of phenols is 1. The molecule has 1 amide bonds. The van der Waals surface area contributed by atoms with Crippen LogP contribution < -0.4 is 14.8 Å². The van der Waals surface area contributed by atoms with Crippen LogP contribution in [0.2, 0.25) is 0 Å². The minimum absolute atomic E-state index is 0.0856. The number of carbonyl (C=O) groups excluding carboxylic acids is 1. The highest BCUT2D eigenvalue weighted by molar-refractivity contribution is 5.94. The number of nitrogens with one attached hydrogen (secondary N) is 1. The van der Waals surface area contributed by atoms with Crippen molar-refractivity contribution in [2.75, 3.05) is 6.79 Å². The summed E-state index contributed by atoms with van der Waals surface area (Å²) in [7, 11) is 0. The Balaban J connectivity index is 1.90. The molecule has 2 aromatic carbocycles. The fraction of sp³-hybridized carbons (Fsp3) is 0.238. The van der Waals surface area contributed by atoms with Crippen LogP contribution in [0, 0.1) is 10.1 Å². The van der Waals surface area contributed by atoms with Crippen molar-refractivity contribution in [3.8, 4) is 17.2 Å². The molecule has 0 bridgehead atoms. The number of pyridine rings is 1. The zero-order valence-corrected chi connectivity index (χ0v) is 16.1. The molecule has 1 atom stereocenters. The largest absolute Gasteiger partial charge is 0.505 e. The number of carbonyl (C=O) groups is 1. The Hall–Kier alpha value is -3.88. The molecule has 4 rings (SSSR count). The summed E-state index contributed by atoms with van der Waals surface area (Å²) in [4.78, 5) is 27.7. The summed E-state index contributed by atoms with van der Waals surface area (Å²) in [5.41, 5.74) is 0.651. The molecule has 0 saturated carbocycles. The van der Waals surface area contributed by atoms with Gasteiger partial charge in [0.05, 0.1) is 16.4 Å². The average Bonchev–Trinajstić information content (AvgIpc) is 3.20. The second-order valence-corrected chi connectivity index (χ2v) is 6.85. The molecule has 0 aliphatic carbocycles. The van der Waals surface area contributed by atoms with Gasteiger partial charge in [0, 0.05) is 24.2 Å². The van der Waals surface area contributed by atoms with Crippen LogP contribution in [0.5, 0.6) is 17.2 Å². The summed E-state index contributed by atoms with van der Waals surface area (Å²) < 4.78 is 10.8. The highest BCUT2D eigenvalue weighted by atomic mass is 16.7. The first-order valence-corrected chi connectivity index (χ1v) is 9.43. The first kappa shape index (κ1) is 19.4. The number of aromatic nitrogens is 1. The van der Waals surface area contributed by atoms with Gasteiger partial charge in [-0.25, -0.2) is 0 Å². The maximum Gasteiger partial charge on any atom is 0.279 e. The SMILES string of the molecule is CCCC(=O)N[C@@H](c1ccc2c(c1)OCO2)c1cc([N+](=O)[O-])c2cccnc2c1O. The smallest absolute Gasteiger partial charge is 0.279 e. The Bertz CT molecular complexity index is 1150. The maximum atomic E-state index is 12.4. The predicted octanol–water partition coefficient (Wildman–Crippen LogP) is 3.58. The first-order chi connectivity index (χ1) is 14.5. The van der Waals surface area contributed by atoms with Crippen molar-refractivity contribution in [3.63, 3.8) is 0 Å². The highest BCUT2D eigenvalue weighted by Crippen LogP contribution is 2.41. The van der Waals surface area contributed by atoms with Gasteiger partial charge < -0.3 is 19.9 Å². The quantitative estimate of drug-likeness (QED) is 0.471. The van der Waals surface area contributed by atoms with E-state index in [4.69, 9.17) is 9.47 Å². The standard InChI is InChI=1S/C21H19N3O6/c1-2-4-18(25)23-19(12-6-7-16-17(9-12)30-11-29-16)14-10-15(24(27)28)13-5-3-8-22-20(13)21(14)26/h3,5-10,19,26H,2,4,11H2,1H3,(H,23,25)/t19-/m0/s1. The average molecular weight is 409 g/mol. The molecule has 2 N–H and O–H groups in total. The molecule has 154 valence electrons. The van der Waals surface area contributed by atoms with Gasteiger partial charge in [0.1, 0.15) is 11.3 Å². The van der Waals surface area contributed by atoms with Crippen LogP contribution in [0.4, 0.5) is 5.69 Å². The van der Waals surface area contributed by atoms with Gasteiger partial charge >= 0.3 is 0 Å². The van der Waals surface area contributed by atoms with Crippen LogP contribution in [-0.4, -0.2) is 27.7 Å². The summed E-state index contributed by atoms with van der Waals surface area (Å²) in [5.74, 6) is 0.585. The Morgan fingerprint density at radius 3 is 2.87 bits per heavy atom. The summed E-state index contributed by atoms with van der Waals surface area (Å²) in [6, 6.07) is 8.62. The molecule has 3 aromatic rings. The van der Waals surface area contributed by atoms with Crippen molar-refractivity contribution in [3.05, 3.63) is 63.8 Å². The van der Waals surface area contributed by atoms with Crippen molar-refractivity contribution in [2.24, 2.45) is 0 Å². The van der Waals surface area contributed by atoms with Gasteiger partial charge in [-0.15, -0.1) is 0 Å². The number of ether oxygens (including phenoxy) is 2. The van der Waals surface area contributed by atoms with E-state index in [2.05, 4.69) is 10.3 Å². The van der Waals surface area contributed by atoms with E-state index in [9.17, 15) is 20.0 Å². The van der Waals surface area contributed by atoms with Gasteiger partial charge in [0.2, 0.25) is 12.7 Å². The number of phenolic OH excluding ortho intramolecular Hbond substituents is 1. The van der Waals surface area contributed by atoms with Crippen LogP contribution in [0.1, 0.15) is 36.9 Å². The van der Waals surface area contributed by atoms with Crippen molar-refractivity contribution in [1.82, 2.24) is 10.3 Å². The summed E-state index contributed by atoms with van der Waals surface area (Å²) >= 11 is 0. The fourth-order valence-electron chi connectivity index (χ4n) is 3.50. The molecular weight excluding hydrogens is 390 g/mol. The van der Waals surface area contributed by atoms with Gasteiger partial charge in [0.25, 0.3) is 5.69 Å². The lowest BCUT2D eigenvalue weighted by Gasteiger charge is -2.21. The lowest BCUT2D eigenvalue weighted by molar-refractivity contribution is -0.383. The minimum Gasteiger partial charge on any atom is -0.505 e. The first-order valence-electron chi connectivity index (χ1n) is 9.43. The Morgan fingerprint density at radius 2 is 2.10 bits per heavy atom. The van der Waals surface area contributed by atoms with Crippen molar-refractivity contribution >= 4 is 22.5 Å². The Kier molecular flexibility index (Phi) is 5.09. The van der Waals surface area contributed by atoms with Crippen LogP contribution in [0.25, 0.3) is 10.9 Å². The number of nitro groups is 1. The second-order valence-electron chi connectivity index (χ2n) is 6.85. The van der Waals surface area contributed by atoms with Gasteiger partial charge in [-0.3, -0.25) is 19.9 Å². The summed E-state index contributed by atoms with van der Waals surface area (Å²) in [5, 5.41) is 25.7. The van der Waals surface area contributed by atoms with Crippen molar-refractivity contribution in [1.29, 1.82) is 0 Å². The Morgan fingerprint density at radius 1 is 1.30 bits per heavy atom. The molecule has 0 spiro atoms.